The molecule has 0 spiro atoms. The van der Waals surface area contributed by atoms with Crippen LogP contribution in [0.2, 0.25) is 0 Å². The van der Waals surface area contributed by atoms with Gasteiger partial charge in [0, 0.05) is 19.6 Å². The average molecular weight is 242 g/mol. The summed E-state index contributed by atoms with van der Waals surface area (Å²) in [6.45, 7) is 4.23. The third kappa shape index (κ3) is 3.24. The van der Waals surface area contributed by atoms with Gasteiger partial charge in [-0.3, -0.25) is 0 Å². The minimum Gasteiger partial charge on any atom is -0.392 e. The van der Waals surface area contributed by atoms with Gasteiger partial charge in [-0.05, 0) is 13.3 Å². The fourth-order valence-corrected chi connectivity index (χ4v) is 1.79. The molecule has 6 nitrogen and oxygen atoms in total. The predicted molar refractivity (Wildman–Crippen MR) is 58.7 cm³/mol. The molecule has 2 rings (SSSR count). The van der Waals surface area contributed by atoms with E-state index in [9.17, 15) is 5.11 Å². The molecule has 1 fully saturated rings. The first-order valence-electron chi connectivity index (χ1n) is 5.97. The lowest BCUT2D eigenvalue weighted by Gasteiger charge is -2.24. The maximum Gasteiger partial charge on any atom is 0.234 e. The van der Waals surface area contributed by atoms with Crippen molar-refractivity contribution >= 4 is 0 Å². The van der Waals surface area contributed by atoms with Gasteiger partial charge < -0.3 is 19.1 Å². The first kappa shape index (κ1) is 12.5. The summed E-state index contributed by atoms with van der Waals surface area (Å²) >= 11 is 0. The molecule has 0 amide bonds. The molecule has 17 heavy (non-hydrogen) atoms. The summed E-state index contributed by atoms with van der Waals surface area (Å²) in [5.41, 5.74) is 0. The van der Waals surface area contributed by atoms with E-state index in [0.29, 0.717) is 51.0 Å². The molecule has 1 aromatic heterocycles. The molecule has 0 aliphatic carbocycles. The Labute approximate surface area is 99.9 Å². The third-order valence-corrected chi connectivity index (χ3v) is 2.79. The van der Waals surface area contributed by atoms with Gasteiger partial charge in [-0.15, -0.1) is 0 Å². The van der Waals surface area contributed by atoms with Gasteiger partial charge in [-0.1, -0.05) is 5.16 Å². The molecule has 0 bridgehead atoms. The van der Waals surface area contributed by atoms with Gasteiger partial charge in [-0.25, -0.2) is 0 Å². The van der Waals surface area contributed by atoms with Crippen LogP contribution in [0, 0.1) is 0 Å². The summed E-state index contributed by atoms with van der Waals surface area (Å²) in [6, 6.07) is 0. The summed E-state index contributed by atoms with van der Waals surface area (Å²) < 4.78 is 15.7. The first-order chi connectivity index (χ1) is 8.31. The van der Waals surface area contributed by atoms with Crippen LogP contribution in [0.25, 0.3) is 0 Å². The Morgan fingerprint density at radius 3 is 3.18 bits per heavy atom. The summed E-state index contributed by atoms with van der Waals surface area (Å²) in [5.74, 6) is 0.881. The van der Waals surface area contributed by atoms with Crippen molar-refractivity contribution in [2.24, 2.45) is 0 Å². The maximum atomic E-state index is 9.81. The standard InChI is InChI=1S/C11H18N2O4/c1-2-15-6-4-10-12-11(17-13-10)8-7-16-5-3-9(8)14/h8-9,14H,2-7H2,1H3. The molecule has 2 atom stereocenters. The summed E-state index contributed by atoms with van der Waals surface area (Å²) in [4.78, 5) is 4.26. The summed E-state index contributed by atoms with van der Waals surface area (Å²) in [7, 11) is 0. The number of hydrogen-bond donors (Lipinski definition) is 1. The zero-order valence-corrected chi connectivity index (χ0v) is 9.96. The van der Waals surface area contributed by atoms with E-state index >= 15 is 0 Å². The topological polar surface area (TPSA) is 77.6 Å². The Morgan fingerprint density at radius 1 is 1.53 bits per heavy atom. The Kier molecular flexibility index (Phi) is 4.47. The van der Waals surface area contributed by atoms with Crippen LogP contribution in [0.3, 0.4) is 0 Å². The van der Waals surface area contributed by atoms with E-state index in [2.05, 4.69) is 10.1 Å². The van der Waals surface area contributed by atoms with Crippen LogP contribution in [0.1, 0.15) is 31.0 Å². The van der Waals surface area contributed by atoms with Crippen LogP contribution in [0.4, 0.5) is 0 Å². The molecule has 1 saturated heterocycles. The second-order valence-corrected chi connectivity index (χ2v) is 4.03. The molecule has 1 aliphatic rings. The fraction of sp³-hybridized carbons (Fsp3) is 0.818. The van der Waals surface area contributed by atoms with Crippen LogP contribution in [-0.4, -0.2) is 47.8 Å². The van der Waals surface area contributed by atoms with Gasteiger partial charge in [-0.2, -0.15) is 4.98 Å². The summed E-state index contributed by atoms with van der Waals surface area (Å²) in [6.07, 6.45) is 0.784. The number of ether oxygens (including phenoxy) is 2. The van der Waals surface area contributed by atoms with E-state index in [1.165, 1.54) is 0 Å². The second kappa shape index (κ2) is 6.09. The monoisotopic (exact) mass is 242 g/mol. The van der Waals surface area contributed by atoms with Crippen LogP contribution >= 0.6 is 0 Å². The molecule has 6 heteroatoms. The van der Waals surface area contributed by atoms with Crippen LogP contribution in [0.15, 0.2) is 4.52 Å². The Bertz CT molecular complexity index is 342. The highest BCUT2D eigenvalue weighted by Crippen LogP contribution is 2.24. The lowest BCUT2D eigenvalue weighted by Crippen LogP contribution is -2.30. The van der Waals surface area contributed by atoms with Crippen molar-refractivity contribution in [2.45, 2.75) is 31.8 Å². The zero-order chi connectivity index (χ0) is 12.1. The molecular formula is C11H18N2O4. The number of hydrogen-bond acceptors (Lipinski definition) is 6. The highest BCUT2D eigenvalue weighted by atomic mass is 16.5. The van der Waals surface area contributed by atoms with Crippen LogP contribution in [0.5, 0.6) is 0 Å². The molecule has 2 heterocycles. The Morgan fingerprint density at radius 2 is 2.41 bits per heavy atom. The van der Waals surface area contributed by atoms with Gasteiger partial charge >= 0.3 is 0 Å². The van der Waals surface area contributed by atoms with Crippen molar-refractivity contribution in [3.8, 4) is 0 Å². The molecule has 96 valence electrons. The van der Waals surface area contributed by atoms with Gasteiger partial charge in [0.25, 0.3) is 0 Å². The number of nitrogens with zero attached hydrogens (tertiary/aromatic N) is 2. The third-order valence-electron chi connectivity index (χ3n) is 2.79. The van der Waals surface area contributed by atoms with E-state index in [1.54, 1.807) is 0 Å². The van der Waals surface area contributed by atoms with Crippen LogP contribution < -0.4 is 0 Å². The van der Waals surface area contributed by atoms with E-state index in [-0.39, 0.29) is 5.92 Å². The molecular weight excluding hydrogens is 224 g/mol. The highest BCUT2D eigenvalue weighted by Gasteiger charge is 2.30. The van der Waals surface area contributed by atoms with Crippen molar-refractivity contribution in [2.75, 3.05) is 26.4 Å². The van der Waals surface area contributed by atoms with E-state index < -0.39 is 6.10 Å². The van der Waals surface area contributed by atoms with Crippen molar-refractivity contribution in [3.63, 3.8) is 0 Å². The molecule has 1 N–H and O–H groups in total. The van der Waals surface area contributed by atoms with Crippen molar-refractivity contribution in [1.82, 2.24) is 10.1 Å². The minimum atomic E-state index is -0.455. The van der Waals surface area contributed by atoms with E-state index in [1.807, 2.05) is 6.92 Å². The van der Waals surface area contributed by atoms with Gasteiger partial charge in [0.1, 0.15) is 0 Å². The molecule has 1 aromatic rings. The predicted octanol–water partition coefficient (Wildman–Crippen LogP) is 0.513. The van der Waals surface area contributed by atoms with E-state index in [4.69, 9.17) is 14.0 Å². The molecule has 0 saturated carbocycles. The van der Waals surface area contributed by atoms with Gasteiger partial charge in [0.2, 0.25) is 5.89 Å². The minimum absolute atomic E-state index is 0.197. The van der Waals surface area contributed by atoms with Gasteiger partial charge in [0.15, 0.2) is 5.82 Å². The zero-order valence-electron chi connectivity index (χ0n) is 9.96. The molecule has 0 radical (unpaired) electrons. The summed E-state index contributed by atoms with van der Waals surface area (Å²) in [5, 5.41) is 13.7. The number of aliphatic hydroxyl groups is 1. The number of rotatable bonds is 5. The highest BCUT2D eigenvalue weighted by molar-refractivity contribution is 4.99. The second-order valence-electron chi connectivity index (χ2n) is 4.03. The van der Waals surface area contributed by atoms with Gasteiger partial charge in [0.05, 0.1) is 25.2 Å². The lowest BCUT2D eigenvalue weighted by atomic mass is 9.99. The lowest BCUT2D eigenvalue weighted by molar-refractivity contribution is -0.0149. The van der Waals surface area contributed by atoms with Crippen molar-refractivity contribution in [1.29, 1.82) is 0 Å². The molecule has 1 aliphatic heterocycles. The fourth-order valence-electron chi connectivity index (χ4n) is 1.79. The smallest absolute Gasteiger partial charge is 0.234 e. The quantitative estimate of drug-likeness (QED) is 0.758. The average Bonchev–Trinajstić information content (AvgIpc) is 2.79. The van der Waals surface area contributed by atoms with E-state index in [0.717, 1.165) is 0 Å². The molecule has 0 aromatic carbocycles. The number of aliphatic hydroxyl groups excluding tert-OH is 1. The Hall–Kier alpha value is -0.980. The molecule has 2 unspecified atom stereocenters. The maximum absolute atomic E-state index is 9.81. The first-order valence-corrected chi connectivity index (χ1v) is 5.97. The Balaban J connectivity index is 1.92. The number of aromatic nitrogens is 2. The van der Waals surface area contributed by atoms with Crippen LogP contribution in [-0.2, 0) is 15.9 Å². The van der Waals surface area contributed by atoms with Crippen molar-refractivity contribution in [3.05, 3.63) is 11.7 Å². The SMILES string of the molecule is CCOCCc1noc(C2COCCC2O)n1. The largest absolute Gasteiger partial charge is 0.392 e. The van der Waals surface area contributed by atoms with Crippen molar-refractivity contribution < 1.29 is 19.1 Å². The normalized spacial score (nSPS) is 25.1.